The van der Waals surface area contributed by atoms with E-state index < -0.39 is 0 Å². The number of carbonyl (C=O) groups excluding carboxylic acids is 1. The van der Waals surface area contributed by atoms with E-state index in [1.807, 2.05) is 29.2 Å². The van der Waals surface area contributed by atoms with Crippen molar-refractivity contribution in [2.24, 2.45) is 0 Å². The Balaban J connectivity index is 1.92. The predicted octanol–water partition coefficient (Wildman–Crippen LogP) is 3.44. The third kappa shape index (κ3) is 3.60. The molecule has 0 aliphatic carbocycles. The van der Waals surface area contributed by atoms with E-state index >= 15 is 0 Å². The van der Waals surface area contributed by atoms with Crippen LogP contribution in [0.2, 0.25) is 0 Å². The average Bonchev–Trinajstić information content (AvgIpc) is 3.16. The lowest BCUT2D eigenvalue weighted by Gasteiger charge is -2.26. The Bertz CT molecular complexity index is 738. The normalized spacial score (nSPS) is 20.1. The Kier molecular flexibility index (Phi) is 5.47. The number of nitrogens with one attached hydrogen (secondary N) is 1. The highest BCUT2D eigenvalue weighted by Gasteiger charge is 2.40. The fraction of sp³-hybridized carbons (Fsp3) is 0.312. The van der Waals surface area contributed by atoms with Crippen molar-refractivity contribution < 1.29 is 9.53 Å². The molecule has 8 heteroatoms. The van der Waals surface area contributed by atoms with Crippen molar-refractivity contribution >= 4 is 50.6 Å². The molecule has 1 saturated heterocycles. The van der Waals surface area contributed by atoms with Gasteiger partial charge in [-0.05, 0) is 52.4 Å². The molecule has 126 valence electrons. The molecule has 1 aliphatic rings. The molecular formula is C16H16BrN3O2S2. The maximum atomic E-state index is 11.5. The van der Waals surface area contributed by atoms with Crippen LogP contribution in [-0.4, -0.2) is 34.6 Å². The molecular weight excluding hydrogens is 410 g/mol. The molecule has 2 aromatic rings. The first-order chi connectivity index (χ1) is 11.6. The van der Waals surface area contributed by atoms with E-state index in [2.05, 4.69) is 32.3 Å². The molecule has 0 amide bonds. The predicted molar refractivity (Wildman–Crippen MR) is 101 cm³/mol. The summed E-state index contributed by atoms with van der Waals surface area (Å²) in [6.07, 6.45) is 2.06. The van der Waals surface area contributed by atoms with Crippen molar-refractivity contribution in [2.45, 2.75) is 18.5 Å². The number of esters is 1. The second-order valence-electron chi connectivity index (χ2n) is 5.29. The molecule has 24 heavy (non-hydrogen) atoms. The number of aromatic nitrogens is 1. The van der Waals surface area contributed by atoms with Crippen LogP contribution in [0, 0.1) is 0 Å². The van der Waals surface area contributed by atoms with Gasteiger partial charge in [-0.15, -0.1) is 11.3 Å². The standard InChI is InChI=1S/C16H16BrN3O2S2/c1-22-13(21)7-9-20-15(11-5-6-12(17)24-11)14(19-16(20)23)10-4-2-3-8-18-10/h2-6,8,14-15H,7,9H2,1H3,(H,19,23)/t14-,15+/m1/s1. The summed E-state index contributed by atoms with van der Waals surface area (Å²) in [5, 5.41) is 3.98. The lowest BCUT2D eigenvalue weighted by molar-refractivity contribution is -0.140. The van der Waals surface area contributed by atoms with Crippen LogP contribution in [0.5, 0.6) is 0 Å². The van der Waals surface area contributed by atoms with Gasteiger partial charge in [0.1, 0.15) is 0 Å². The van der Waals surface area contributed by atoms with E-state index in [1.54, 1.807) is 17.5 Å². The topological polar surface area (TPSA) is 54.5 Å². The maximum absolute atomic E-state index is 11.5. The molecule has 1 fully saturated rings. The molecule has 1 N–H and O–H groups in total. The van der Waals surface area contributed by atoms with E-state index in [1.165, 1.54) is 7.11 Å². The molecule has 0 saturated carbocycles. The first kappa shape index (κ1) is 17.3. The highest BCUT2D eigenvalue weighted by Crippen LogP contribution is 2.42. The Morgan fingerprint density at radius 3 is 2.92 bits per heavy atom. The Hall–Kier alpha value is -1.51. The summed E-state index contributed by atoms with van der Waals surface area (Å²) in [5.74, 6) is -0.245. The SMILES string of the molecule is COC(=O)CCN1C(=S)N[C@H](c2ccccn2)[C@@H]1c1ccc(Br)s1. The lowest BCUT2D eigenvalue weighted by Crippen LogP contribution is -2.31. The summed E-state index contributed by atoms with van der Waals surface area (Å²) in [7, 11) is 1.40. The van der Waals surface area contributed by atoms with Crippen LogP contribution in [0.15, 0.2) is 40.3 Å². The number of thiophene rings is 1. The molecule has 3 heterocycles. The van der Waals surface area contributed by atoms with Crippen LogP contribution in [0.3, 0.4) is 0 Å². The number of pyridine rings is 1. The number of ether oxygens (including phenoxy) is 1. The Morgan fingerprint density at radius 2 is 2.29 bits per heavy atom. The molecule has 0 spiro atoms. The van der Waals surface area contributed by atoms with Crippen molar-refractivity contribution in [1.29, 1.82) is 0 Å². The number of rotatable bonds is 5. The smallest absolute Gasteiger partial charge is 0.307 e. The zero-order chi connectivity index (χ0) is 17.1. The molecule has 0 radical (unpaired) electrons. The van der Waals surface area contributed by atoms with Gasteiger partial charge in [-0.2, -0.15) is 0 Å². The zero-order valence-electron chi connectivity index (χ0n) is 12.9. The van der Waals surface area contributed by atoms with E-state index in [9.17, 15) is 4.79 Å². The van der Waals surface area contributed by atoms with E-state index in [4.69, 9.17) is 17.0 Å². The third-order valence-electron chi connectivity index (χ3n) is 3.87. The van der Waals surface area contributed by atoms with Crippen molar-refractivity contribution in [1.82, 2.24) is 15.2 Å². The van der Waals surface area contributed by atoms with Gasteiger partial charge in [-0.25, -0.2) is 0 Å². The average molecular weight is 426 g/mol. The highest BCUT2D eigenvalue weighted by molar-refractivity contribution is 9.11. The number of halogens is 1. The van der Waals surface area contributed by atoms with Crippen molar-refractivity contribution in [3.05, 3.63) is 50.9 Å². The van der Waals surface area contributed by atoms with Crippen LogP contribution in [0.4, 0.5) is 0 Å². The minimum atomic E-state index is -0.245. The molecule has 3 rings (SSSR count). The third-order valence-corrected chi connectivity index (χ3v) is 5.91. The van der Waals surface area contributed by atoms with Crippen LogP contribution >= 0.6 is 39.5 Å². The van der Waals surface area contributed by atoms with Crippen LogP contribution in [0.1, 0.15) is 29.1 Å². The van der Waals surface area contributed by atoms with Crippen LogP contribution < -0.4 is 5.32 Å². The van der Waals surface area contributed by atoms with Gasteiger partial charge < -0.3 is 15.0 Å². The summed E-state index contributed by atoms with van der Waals surface area (Å²) in [6, 6.07) is 9.88. The fourth-order valence-corrected chi connectivity index (χ4v) is 4.66. The monoisotopic (exact) mass is 425 g/mol. The summed E-state index contributed by atoms with van der Waals surface area (Å²) in [5.41, 5.74) is 0.926. The largest absolute Gasteiger partial charge is 0.469 e. The van der Waals surface area contributed by atoms with Gasteiger partial charge in [-0.3, -0.25) is 9.78 Å². The molecule has 1 aliphatic heterocycles. The second-order valence-corrected chi connectivity index (χ2v) is 8.17. The van der Waals surface area contributed by atoms with Crippen LogP contribution in [0.25, 0.3) is 0 Å². The molecule has 0 aromatic carbocycles. The second kappa shape index (κ2) is 7.58. The molecule has 2 aromatic heterocycles. The number of nitrogens with zero attached hydrogens (tertiary/aromatic N) is 2. The molecule has 2 atom stereocenters. The summed E-state index contributed by atoms with van der Waals surface area (Å²) < 4.78 is 5.81. The van der Waals surface area contributed by atoms with E-state index in [0.717, 1.165) is 14.4 Å². The van der Waals surface area contributed by atoms with Gasteiger partial charge in [0, 0.05) is 17.6 Å². The van der Waals surface area contributed by atoms with Gasteiger partial charge in [0.05, 0.1) is 35.1 Å². The number of thiocarbonyl (C=S) groups is 1. The summed E-state index contributed by atoms with van der Waals surface area (Å²) in [4.78, 5) is 19.2. The van der Waals surface area contributed by atoms with Crippen molar-refractivity contribution in [3.63, 3.8) is 0 Å². The number of methoxy groups -OCH3 is 1. The highest BCUT2D eigenvalue weighted by atomic mass is 79.9. The quantitative estimate of drug-likeness (QED) is 0.584. The number of carbonyl (C=O) groups is 1. The number of hydrogen-bond acceptors (Lipinski definition) is 5. The van der Waals surface area contributed by atoms with Crippen molar-refractivity contribution in [3.8, 4) is 0 Å². The van der Waals surface area contributed by atoms with Gasteiger partial charge in [0.25, 0.3) is 0 Å². The van der Waals surface area contributed by atoms with Gasteiger partial charge >= 0.3 is 5.97 Å². The summed E-state index contributed by atoms with van der Waals surface area (Å²) >= 11 is 10.7. The zero-order valence-corrected chi connectivity index (χ0v) is 16.2. The van der Waals surface area contributed by atoms with Crippen LogP contribution in [-0.2, 0) is 9.53 Å². The Morgan fingerprint density at radius 1 is 1.46 bits per heavy atom. The first-order valence-electron chi connectivity index (χ1n) is 7.40. The summed E-state index contributed by atoms with van der Waals surface area (Å²) in [6.45, 7) is 0.502. The van der Waals surface area contributed by atoms with E-state index in [-0.39, 0.29) is 24.5 Å². The van der Waals surface area contributed by atoms with E-state index in [0.29, 0.717) is 11.7 Å². The van der Waals surface area contributed by atoms with Gasteiger partial charge in [0.15, 0.2) is 5.11 Å². The fourth-order valence-electron chi connectivity index (χ4n) is 2.76. The van der Waals surface area contributed by atoms with Gasteiger partial charge in [0.2, 0.25) is 0 Å². The Labute approximate surface area is 158 Å². The number of hydrogen-bond donors (Lipinski definition) is 1. The van der Waals surface area contributed by atoms with Gasteiger partial charge in [-0.1, -0.05) is 6.07 Å². The molecule has 0 unspecified atom stereocenters. The van der Waals surface area contributed by atoms with Crippen molar-refractivity contribution in [2.75, 3.05) is 13.7 Å². The maximum Gasteiger partial charge on any atom is 0.307 e. The molecule has 5 nitrogen and oxygen atoms in total. The lowest BCUT2D eigenvalue weighted by atomic mass is 10.0. The minimum absolute atomic E-state index is 0.00615. The minimum Gasteiger partial charge on any atom is -0.469 e. The molecule has 0 bridgehead atoms. The first-order valence-corrected chi connectivity index (χ1v) is 9.42.